The molecular formula is C16H28N2O3S. The first-order valence-electron chi connectivity index (χ1n) is 7.94. The number of nitrogens with zero attached hydrogens (tertiary/aromatic N) is 2. The molecule has 6 heteroatoms. The molecule has 126 valence electrons. The third kappa shape index (κ3) is 3.54. The summed E-state index contributed by atoms with van der Waals surface area (Å²) < 4.78 is 24.8. The summed E-state index contributed by atoms with van der Waals surface area (Å²) in [5.74, 6) is 0.522. The molecule has 1 amide bonds. The molecule has 0 bridgehead atoms. The molecule has 1 saturated heterocycles. The van der Waals surface area contributed by atoms with Gasteiger partial charge in [-0.1, -0.05) is 25.5 Å². The van der Waals surface area contributed by atoms with Gasteiger partial charge in [-0.15, -0.1) is 0 Å². The molecule has 1 saturated carbocycles. The Morgan fingerprint density at radius 3 is 2.32 bits per heavy atom. The molecule has 0 N–H and O–H groups in total. The van der Waals surface area contributed by atoms with E-state index < -0.39 is 10.0 Å². The van der Waals surface area contributed by atoms with Gasteiger partial charge in [-0.2, -0.15) is 0 Å². The quantitative estimate of drug-likeness (QED) is 0.741. The van der Waals surface area contributed by atoms with Crippen LogP contribution < -0.4 is 0 Å². The Morgan fingerprint density at radius 2 is 1.77 bits per heavy atom. The van der Waals surface area contributed by atoms with Gasteiger partial charge in [0.2, 0.25) is 15.9 Å². The molecule has 0 aromatic rings. The van der Waals surface area contributed by atoms with Crippen molar-refractivity contribution in [3.8, 4) is 0 Å². The van der Waals surface area contributed by atoms with E-state index >= 15 is 0 Å². The van der Waals surface area contributed by atoms with Crippen LogP contribution in [-0.2, 0) is 14.8 Å². The van der Waals surface area contributed by atoms with Crippen LogP contribution in [0.4, 0.5) is 0 Å². The van der Waals surface area contributed by atoms with Gasteiger partial charge in [0.25, 0.3) is 0 Å². The molecule has 0 spiro atoms. The highest BCUT2D eigenvalue weighted by Crippen LogP contribution is 2.60. The van der Waals surface area contributed by atoms with Crippen molar-refractivity contribution in [2.24, 2.45) is 17.3 Å². The lowest BCUT2D eigenvalue weighted by Crippen LogP contribution is -2.38. The van der Waals surface area contributed by atoms with E-state index in [1.54, 1.807) is 0 Å². The summed E-state index contributed by atoms with van der Waals surface area (Å²) in [4.78, 5) is 14.7. The van der Waals surface area contributed by atoms with Gasteiger partial charge in [0.05, 0.1) is 12.2 Å². The Bertz CT molecular complexity index is 576. The number of carbonyl (C=O) groups excluding carboxylic acids is 1. The van der Waals surface area contributed by atoms with E-state index in [9.17, 15) is 13.2 Å². The largest absolute Gasteiger partial charge is 0.341 e. The van der Waals surface area contributed by atoms with Gasteiger partial charge < -0.3 is 4.90 Å². The van der Waals surface area contributed by atoms with E-state index in [4.69, 9.17) is 0 Å². The number of hydrogen-bond acceptors (Lipinski definition) is 3. The molecule has 2 aliphatic rings. The van der Waals surface area contributed by atoms with Gasteiger partial charge in [0.1, 0.15) is 0 Å². The van der Waals surface area contributed by atoms with Gasteiger partial charge in [-0.3, -0.25) is 4.79 Å². The first-order valence-corrected chi connectivity index (χ1v) is 9.79. The zero-order chi connectivity index (χ0) is 16.7. The minimum atomic E-state index is -3.17. The molecule has 0 unspecified atom stereocenters. The molecule has 0 aromatic carbocycles. The molecule has 1 aliphatic heterocycles. The molecule has 2 rings (SSSR count). The number of carbonyl (C=O) groups is 1. The average Bonchev–Trinajstić information content (AvgIpc) is 2.98. The van der Waals surface area contributed by atoms with Crippen LogP contribution in [0.2, 0.25) is 0 Å². The number of rotatable bonds is 3. The average molecular weight is 328 g/mol. The maximum Gasteiger partial charge on any atom is 0.226 e. The minimum Gasteiger partial charge on any atom is -0.341 e. The van der Waals surface area contributed by atoms with Gasteiger partial charge in [0, 0.05) is 26.2 Å². The predicted octanol–water partition coefficient (Wildman–Crippen LogP) is 1.72. The molecule has 2 fully saturated rings. The maximum atomic E-state index is 12.8. The van der Waals surface area contributed by atoms with Gasteiger partial charge in [-0.05, 0) is 31.6 Å². The fraction of sp³-hybridized carbons (Fsp3) is 0.812. The summed E-state index contributed by atoms with van der Waals surface area (Å²) in [5.41, 5.74) is 1.25. The maximum absolute atomic E-state index is 12.8. The molecule has 22 heavy (non-hydrogen) atoms. The monoisotopic (exact) mass is 328 g/mol. The van der Waals surface area contributed by atoms with Crippen molar-refractivity contribution in [2.45, 2.75) is 34.1 Å². The lowest BCUT2D eigenvalue weighted by atomic mass is 10.1. The Kier molecular flexibility index (Phi) is 4.74. The zero-order valence-corrected chi connectivity index (χ0v) is 15.1. The van der Waals surface area contributed by atoms with Crippen LogP contribution in [0.25, 0.3) is 0 Å². The van der Waals surface area contributed by atoms with E-state index in [1.807, 2.05) is 4.90 Å². The highest BCUT2D eigenvalue weighted by Gasteiger charge is 2.61. The van der Waals surface area contributed by atoms with Crippen LogP contribution in [0, 0.1) is 17.3 Å². The lowest BCUT2D eigenvalue weighted by Gasteiger charge is -2.21. The second-order valence-electron chi connectivity index (χ2n) is 7.41. The lowest BCUT2D eigenvalue weighted by molar-refractivity contribution is -0.133. The summed E-state index contributed by atoms with van der Waals surface area (Å²) >= 11 is 0. The zero-order valence-electron chi connectivity index (χ0n) is 14.3. The number of sulfonamides is 1. The van der Waals surface area contributed by atoms with Crippen molar-refractivity contribution < 1.29 is 13.2 Å². The smallest absolute Gasteiger partial charge is 0.226 e. The van der Waals surface area contributed by atoms with Crippen molar-refractivity contribution in [2.75, 3.05) is 32.4 Å². The van der Waals surface area contributed by atoms with Crippen molar-refractivity contribution in [3.05, 3.63) is 11.6 Å². The number of allylic oxidation sites excluding steroid dienone is 2. The highest BCUT2D eigenvalue weighted by atomic mass is 32.2. The summed E-state index contributed by atoms with van der Waals surface area (Å²) in [6.45, 7) is 10.5. The third-order valence-electron chi connectivity index (χ3n) is 4.93. The van der Waals surface area contributed by atoms with Crippen LogP contribution in [0.5, 0.6) is 0 Å². The van der Waals surface area contributed by atoms with Gasteiger partial charge in [0.15, 0.2) is 0 Å². The summed E-state index contributed by atoms with van der Waals surface area (Å²) in [6.07, 6.45) is 4.14. The first kappa shape index (κ1) is 17.5. The topological polar surface area (TPSA) is 57.7 Å². The van der Waals surface area contributed by atoms with Crippen molar-refractivity contribution in [1.29, 1.82) is 0 Å². The third-order valence-corrected chi connectivity index (χ3v) is 6.23. The first-order chi connectivity index (χ1) is 10.0. The summed E-state index contributed by atoms with van der Waals surface area (Å²) in [5, 5.41) is 0. The van der Waals surface area contributed by atoms with Crippen LogP contribution >= 0.6 is 0 Å². The number of hydrogen-bond donors (Lipinski definition) is 0. The Hall–Kier alpha value is -0.880. The fourth-order valence-corrected chi connectivity index (χ4v) is 4.34. The highest BCUT2D eigenvalue weighted by molar-refractivity contribution is 7.88. The van der Waals surface area contributed by atoms with Crippen molar-refractivity contribution >= 4 is 15.9 Å². The molecule has 2 atom stereocenters. The Balaban J connectivity index is 2.04. The van der Waals surface area contributed by atoms with E-state index in [0.717, 1.165) is 0 Å². The van der Waals surface area contributed by atoms with E-state index in [-0.39, 0.29) is 17.2 Å². The van der Waals surface area contributed by atoms with Crippen LogP contribution in [0.1, 0.15) is 34.1 Å². The Morgan fingerprint density at radius 1 is 1.14 bits per heavy atom. The molecule has 0 radical (unpaired) electrons. The SMILES string of the molecule is CC(C)=C[C@@H]1[C@@H](C(=O)N2CCCN(S(C)(=O)=O)CC2)C1(C)C. The van der Waals surface area contributed by atoms with E-state index in [0.29, 0.717) is 38.5 Å². The fourth-order valence-electron chi connectivity index (χ4n) is 3.46. The van der Waals surface area contributed by atoms with E-state index in [1.165, 1.54) is 16.1 Å². The van der Waals surface area contributed by atoms with Gasteiger partial charge >= 0.3 is 0 Å². The normalized spacial score (nSPS) is 28.9. The Labute approximate surface area is 134 Å². The molecule has 0 aromatic heterocycles. The standard InChI is InChI=1S/C16H28N2O3S/c1-12(2)11-13-14(16(13,3)4)15(19)17-7-6-8-18(10-9-17)22(5,20)21/h11,13-14H,6-10H2,1-5H3/t13-,14+/m1/s1. The van der Waals surface area contributed by atoms with Crippen LogP contribution in [0.3, 0.4) is 0 Å². The minimum absolute atomic E-state index is 0.0111. The number of amides is 1. The molecule has 1 aliphatic carbocycles. The van der Waals surface area contributed by atoms with Crippen LogP contribution in [0.15, 0.2) is 11.6 Å². The predicted molar refractivity (Wildman–Crippen MR) is 87.8 cm³/mol. The van der Waals surface area contributed by atoms with E-state index in [2.05, 4.69) is 33.8 Å². The van der Waals surface area contributed by atoms with Crippen molar-refractivity contribution in [1.82, 2.24) is 9.21 Å². The second kappa shape index (κ2) is 5.96. The van der Waals surface area contributed by atoms with Crippen LogP contribution in [-0.4, -0.2) is 56.0 Å². The summed E-state index contributed by atoms with van der Waals surface area (Å²) in [6, 6.07) is 0. The molecule has 1 heterocycles. The molecule has 5 nitrogen and oxygen atoms in total. The molecular weight excluding hydrogens is 300 g/mol. The van der Waals surface area contributed by atoms with Gasteiger partial charge in [-0.25, -0.2) is 12.7 Å². The summed E-state index contributed by atoms with van der Waals surface area (Å²) in [7, 11) is -3.17. The second-order valence-corrected chi connectivity index (χ2v) is 9.39. The van der Waals surface area contributed by atoms with Crippen molar-refractivity contribution in [3.63, 3.8) is 0 Å².